The Morgan fingerprint density at radius 3 is 2.54 bits per heavy atom. The number of nitrogens with two attached hydrogens (primary N) is 1. The molecule has 0 saturated carbocycles. The summed E-state index contributed by atoms with van der Waals surface area (Å²) in [6.07, 6.45) is 1.25. The minimum absolute atomic E-state index is 0.00763. The quantitative estimate of drug-likeness (QED) is 0.253. The van der Waals surface area contributed by atoms with Gasteiger partial charge in [-0.05, 0) is 43.7 Å². The first-order valence-corrected chi connectivity index (χ1v) is 8.40. The largest absolute Gasteiger partial charge is 0.399 e. The molecule has 0 fully saturated rings. The van der Waals surface area contributed by atoms with Crippen molar-refractivity contribution in [2.75, 3.05) is 11.1 Å². The van der Waals surface area contributed by atoms with Crippen LogP contribution >= 0.6 is 11.6 Å². The first-order valence-electron chi connectivity index (χ1n) is 8.02. The molecular weight excluding hydrogens is 386 g/mol. The predicted octanol–water partition coefficient (Wildman–Crippen LogP) is 2.92. The first kappa shape index (κ1) is 20.7. The Morgan fingerprint density at radius 2 is 1.89 bits per heavy atom. The molecule has 2 amide bonds. The third kappa shape index (κ3) is 5.71. The van der Waals surface area contributed by atoms with Gasteiger partial charge in [0.15, 0.2) is 0 Å². The lowest BCUT2D eigenvalue weighted by Gasteiger charge is -2.10. The molecule has 0 saturated heterocycles. The van der Waals surface area contributed by atoms with Gasteiger partial charge in [-0.1, -0.05) is 11.6 Å². The van der Waals surface area contributed by atoms with Crippen LogP contribution in [0.5, 0.6) is 0 Å². The smallest absolute Gasteiger partial charge is 0.272 e. The van der Waals surface area contributed by atoms with Crippen LogP contribution in [-0.2, 0) is 4.79 Å². The van der Waals surface area contributed by atoms with E-state index in [4.69, 9.17) is 17.3 Å². The van der Waals surface area contributed by atoms with Gasteiger partial charge >= 0.3 is 0 Å². The highest BCUT2D eigenvalue weighted by Gasteiger charge is 2.13. The molecule has 9 nitrogen and oxygen atoms in total. The maximum Gasteiger partial charge on any atom is 0.272 e. The van der Waals surface area contributed by atoms with E-state index in [1.165, 1.54) is 12.1 Å². The number of allylic oxidation sites excluding steroid dienone is 1. The zero-order chi connectivity index (χ0) is 20.8. The number of benzene rings is 2. The van der Waals surface area contributed by atoms with Crippen molar-refractivity contribution in [3.8, 4) is 0 Å². The molecule has 0 aliphatic carbocycles. The Bertz CT molecular complexity index is 974. The topological polar surface area (TPSA) is 139 Å². The van der Waals surface area contributed by atoms with Gasteiger partial charge in [0.1, 0.15) is 0 Å². The fraction of sp³-hybridized carbons (Fsp3) is 0.111. The molecule has 0 unspecified atom stereocenters. The molecule has 146 valence electrons. The van der Waals surface area contributed by atoms with Crippen LogP contribution in [0.15, 0.2) is 48.2 Å². The summed E-state index contributed by atoms with van der Waals surface area (Å²) in [6, 6.07) is 8.61. The van der Waals surface area contributed by atoms with Crippen molar-refractivity contribution in [2.45, 2.75) is 13.8 Å². The van der Waals surface area contributed by atoms with E-state index in [9.17, 15) is 19.7 Å². The number of non-ortho nitro benzene ring substituents is 1. The number of nitrogen functional groups attached to an aromatic ring is 1. The van der Waals surface area contributed by atoms with Crippen LogP contribution in [0.4, 0.5) is 17.1 Å². The van der Waals surface area contributed by atoms with Crippen molar-refractivity contribution < 1.29 is 14.5 Å². The van der Waals surface area contributed by atoms with E-state index in [0.717, 1.165) is 17.7 Å². The molecule has 0 heterocycles. The monoisotopic (exact) mass is 403 g/mol. The van der Waals surface area contributed by atoms with Gasteiger partial charge in [0.2, 0.25) is 5.91 Å². The summed E-state index contributed by atoms with van der Waals surface area (Å²) >= 11 is 5.88. The number of hydrogen-bond donors (Lipinski definition) is 4. The number of amides is 2. The Morgan fingerprint density at radius 1 is 1.18 bits per heavy atom. The fourth-order valence-electron chi connectivity index (χ4n) is 2.27. The second-order valence-electron chi connectivity index (χ2n) is 5.93. The van der Waals surface area contributed by atoms with Crippen molar-refractivity contribution in [1.29, 1.82) is 0 Å². The molecule has 0 bridgehead atoms. The van der Waals surface area contributed by atoms with Crippen molar-refractivity contribution in [3.05, 3.63) is 74.4 Å². The van der Waals surface area contributed by atoms with Crippen molar-refractivity contribution in [2.24, 2.45) is 0 Å². The van der Waals surface area contributed by atoms with E-state index in [0.29, 0.717) is 16.4 Å². The van der Waals surface area contributed by atoms with Gasteiger partial charge in [-0.3, -0.25) is 25.1 Å². The third-order valence-electron chi connectivity index (χ3n) is 3.58. The van der Waals surface area contributed by atoms with Gasteiger partial charge in [-0.15, -0.1) is 0 Å². The minimum Gasteiger partial charge on any atom is -0.399 e. The number of hydrazine groups is 1. The van der Waals surface area contributed by atoms with Gasteiger partial charge in [0, 0.05) is 45.9 Å². The van der Waals surface area contributed by atoms with E-state index < -0.39 is 16.7 Å². The number of rotatable bonds is 6. The summed E-state index contributed by atoms with van der Waals surface area (Å²) in [7, 11) is 0. The summed E-state index contributed by atoms with van der Waals surface area (Å²) in [5.74, 6) is -1.05. The highest BCUT2D eigenvalue weighted by atomic mass is 35.5. The summed E-state index contributed by atoms with van der Waals surface area (Å²) in [4.78, 5) is 34.4. The molecule has 0 aliphatic rings. The standard InChI is InChI=1S/C18H18ClN5O4/c1-10-5-13(19)3-4-16(10)21-17(25)6-11(2)22-23-18(26)12-7-14(20)9-15(8-12)24(27)28/h3-9,22H,20H2,1-2H3,(H,21,25)(H,23,26). The van der Waals surface area contributed by atoms with E-state index in [1.807, 2.05) is 0 Å². The highest BCUT2D eigenvalue weighted by Crippen LogP contribution is 2.20. The maximum absolute atomic E-state index is 12.1. The van der Waals surface area contributed by atoms with Gasteiger partial charge in [-0.25, -0.2) is 0 Å². The van der Waals surface area contributed by atoms with Gasteiger partial charge in [-0.2, -0.15) is 0 Å². The lowest BCUT2D eigenvalue weighted by atomic mass is 10.1. The molecule has 0 radical (unpaired) electrons. The summed E-state index contributed by atoms with van der Waals surface area (Å²) in [5.41, 5.74) is 12.0. The molecule has 0 spiro atoms. The second-order valence-corrected chi connectivity index (χ2v) is 6.36. The minimum atomic E-state index is -0.644. The molecule has 0 atom stereocenters. The average molecular weight is 404 g/mol. The summed E-state index contributed by atoms with van der Waals surface area (Å²) < 4.78 is 0. The summed E-state index contributed by atoms with van der Waals surface area (Å²) in [5, 5.41) is 14.1. The number of nitrogens with zero attached hydrogens (tertiary/aromatic N) is 1. The van der Waals surface area contributed by atoms with E-state index in [2.05, 4.69) is 16.2 Å². The van der Waals surface area contributed by atoms with Gasteiger partial charge < -0.3 is 16.5 Å². The first-order chi connectivity index (χ1) is 13.2. The number of anilines is 2. The lowest BCUT2D eigenvalue weighted by Crippen LogP contribution is -2.36. The number of nitro groups is 1. The van der Waals surface area contributed by atoms with E-state index in [-0.39, 0.29) is 16.9 Å². The van der Waals surface area contributed by atoms with Crippen LogP contribution in [0.3, 0.4) is 0 Å². The van der Waals surface area contributed by atoms with Crippen LogP contribution in [-0.4, -0.2) is 16.7 Å². The maximum atomic E-state index is 12.1. The van der Waals surface area contributed by atoms with Crippen LogP contribution in [0.2, 0.25) is 5.02 Å². The molecule has 5 N–H and O–H groups in total. The number of aryl methyl sites for hydroxylation is 1. The molecule has 0 aliphatic heterocycles. The number of nitrogens with one attached hydrogen (secondary N) is 3. The Hall–Kier alpha value is -3.59. The number of halogens is 1. The van der Waals surface area contributed by atoms with Crippen LogP contribution < -0.4 is 21.9 Å². The van der Waals surface area contributed by atoms with Gasteiger partial charge in [0.25, 0.3) is 11.6 Å². The van der Waals surface area contributed by atoms with E-state index >= 15 is 0 Å². The Labute approximate surface area is 165 Å². The van der Waals surface area contributed by atoms with Crippen molar-refractivity contribution in [1.82, 2.24) is 10.9 Å². The number of carbonyl (C=O) groups is 2. The molecule has 2 rings (SSSR count). The highest BCUT2D eigenvalue weighted by molar-refractivity contribution is 6.30. The SMILES string of the molecule is CC(=CC(=O)Nc1ccc(Cl)cc1C)NNC(=O)c1cc(N)cc([N+](=O)[O-])c1. The zero-order valence-corrected chi connectivity index (χ0v) is 15.8. The number of carbonyl (C=O) groups excluding carboxylic acids is 2. The number of hydrogen-bond acceptors (Lipinski definition) is 6. The van der Waals surface area contributed by atoms with Crippen molar-refractivity contribution in [3.63, 3.8) is 0 Å². The van der Waals surface area contributed by atoms with Crippen LogP contribution in [0, 0.1) is 17.0 Å². The fourth-order valence-corrected chi connectivity index (χ4v) is 2.49. The zero-order valence-electron chi connectivity index (χ0n) is 15.1. The molecular formula is C18H18ClN5O4. The average Bonchev–Trinajstić information content (AvgIpc) is 2.61. The normalized spacial score (nSPS) is 10.9. The molecule has 2 aromatic carbocycles. The van der Waals surface area contributed by atoms with Crippen LogP contribution in [0.25, 0.3) is 0 Å². The molecule has 0 aromatic heterocycles. The predicted molar refractivity (Wildman–Crippen MR) is 107 cm³/mol. The number of nitro benzene ring substituents is 1. The Kier molecular flexibility index (Phi) is 6.56. The van der Waals surface area contributed by atoms with E-state index in [1.54, 1.807) is 32.0 Å². The summed E-state index contributed by atoms with van der Waals surface area (Å²) in [6.45, 7) is 3.37. The molecule has 28 heavy (non-hydrogen) atoms. The van der Waals surface area contributed by atoms with Gasteiger partial charge in [0.05, 0.1) is 4.92 Å². The molecule has 10 heteroatoms. The second kappa shape index (κ2) is 8.87. The third-order valence-corrected chi connectivity index (χ3v) is 3.82. The Balaban J connectivity index is 1.98. The van der Waals surface area contributed by atoms with Crippen molar-refractivity contribution >= 4 is 40.5 Å². The van der Waals surface area contributed by atoms with Crippen LogP contribution in [0.1, 0.15) is 22.8 Å². The lowest BCUT2D eigenvalue weighted by molar-refractivity contribution is -0.384. The molecule has 2 aromatic rings.